The number of benzene rings is 3. The first kappa shape index (κ1) is 15.8. The Hall–Kier alpha value is -3.07. The van der Waals surface area contributed by atoms with Crippen molar-refractivity contribution in [2.45, 2.75) is 13.0 Å². The molecule has 0 spiro atoms. The van der Waals surface area contributed by atoms with E-state index in [2.05, 4.69) is 0 Å². The number of rotatable bonds is 6. The number of carboxylic acid groups (broad SMARTS) is 1. The van der Waals surface area contributed by atoms with E-state index in [1.807, 2.05) is 66.7 Å². The van der Waals surface area contributed by atoms with Crippen LogP contribution in [0.15, 0.2) is 78.9 Å². The van der Waals surface area contributed by atoms with Gasteiger partial charge in [-0.1, -0.05) is 60.7 Å². The third-order valence-electron chi connectivity index (χ3n) is 3.71. The fourth-order valence-electron chi connectivity index (χ4n) is 2.54. The third-order valence-corrected chi connectivity index (χ3v) is 3.71. The van der Waals surface area contributed by atoms with Crippen molar-refractivity contribution >= 4 is 5.97 Å². The molecule has 120 valence electrons. The van der Waals surface area contributed by atoms with Crippen LogP contribution in [0.2, 0.25) is 0 Å². The van der Waals surface area contributed by atoms with Crippen LogP contribution in [0, 0.1) is 0 Å². The zero-order valence-electron chi connectivity index (χ0n) is 13.2. The Kier molecular flexibility index (Phi) is 4.92. The van der Waals surface area contributed by atoms with E-state index in [1.54, 1.807) is 12.1 Å². The van der Waals surface area contributed by atoms with Gasteiger partial charge in [-0.25, -0.2) is 4.79 Å². The number of aromatic carboxylic acids is 1. The average Bonchev–Trinajstić information content (AvgIpc) is 2.61. The average molecular weight is 318 g/mol. The summed E-state index contributed by atoms with van der Waals surface area (Å²) in [4.78, 5) is 11.4. The summed E-state index contributed by atoms with van der Waals surface area (Å²) in [6, 6.07) is 24.9. The number of hydrogen-bond donors (Lipinski definition) is 1. The van der Waals surface area contributed by atoms with Gasteiger partial charge in [-0.3, -0.25) is 0 Å². The monoisotopic (exact) mass is 318 g/mol. The minimum atomic E-state index is -0.950. The van der Waals surface area contributed by atoms with Gasteiger partial charge in [-0.05, 0) is 41.3 Å². The van der Waals surface area contributed by atoms with Crippen molar-refractivity contribution in [2.75, 3.05) is 0 Å². The molecule has 0 atom stereocenters. The Bertz CT molecular complexity index is 811. The molecule has 3 aromatic carbocycles. The van der Waals surface area contributed by atoms with Crippen molar-refractivity contribution in [3.05, 3.63) is 101 Å². The molecule has 0 aliphatic carbocycles. The first-order valence-corrected chi connectivity index (χ1v) is 7.78. The molecule has 0 radical (unpaired) electrons. The SMILES string of the molecule is O=C(O)c1cc(Cc2ccccc2)cc(OCc2ccccc2)c1. The summed E-state index contributed by atoms with van der Waals surface area (Å²) >= 11 is 0. The summed E-state index contributed by atoms with van der Waals surface area (Å²) in [6.07, 6.45) is 0.670. The van der Waals surface area contributed by atoms with E-state index in [0.717, 1.165) is 16.7 Å². The van der Waals surface area contributed by atoms with Gasteiger partial charge in [0.25, 0.3) is 0 Å². The van der Waals surface area contributed by atoms with Gasteiger partial charge >= 0.3 is 5.97 Å². The van der Waals surface area contributed by atoms with Crippen molar-refractivity contribution < 1.29 is 14.6 Å². The van der Waals surface area contributed by atoms with E-state index in [4.69, 9.17) is 4.74 Å². The van der Waals surface area contributed by atoms with Gasteiger partial charge in [0.1, 0.15) is 12.4 Å². The topological polar surface area (TPSA) is 46.5 Å². The number of carbonyl (C=O) groups is 1. The van der Waals surface area contributed by atoms with Crippen molar-refractivity contribution in [2.24, 2.45) is 0 Å². The van der Waals surface area contributed by atoms with Crippen LogP contribution in [0.25, 0.3) is 0 Å². The third kappa shape index (κ3) is 4.23. The molecule has 3 nitrogen and oxygen atoms in total. The maximum Gasteiger partial charge on any atom is 0.335 e. The standard InChI is InChI=1S/C21H18O3/c22-21(23)19-12-18(11-16-7-3-1-4-8-16)13-20(14-19)24-15-17-9-5-2-6-10-17/h1-10,12-14H,11,15H2,(H,22,23). The van der Waals surface area contributed by atoms with Crippen LogP contribution >= 0.6 is 0 Å². The fraction of sp³-hybridized carbons (Fsp3) is 0.0952. The summed E-state index contributed by atoms with van der Waals surface area (Å²) in [7, 11) is 0. The Morgan fingerprint density at radius 2 is 1.42 bits per heavy atom. The van der Waals surface area contributed by atoms with Gasteiger partial charge < -0.3 is 9.84 Å². The van der Waals surface area contributed by atoms with Crippen molar-refractivity contribution in [1.29, 1.82) is 0 Å². The van der Waals surface area contributed by atoms with Gasteiger partial charge in [-0.15, -0.1) is 0 Å². The zero-order chi connectivity index (χ0) is 16.8. The highest BCUT2D eigenvalue weighted by molar-refractivity contribution is 5.88. The molecule has 0 aliphatic rings. The molecular weight excluding hydrogens is 300 g/mol. The Morgan fingerprint density at radius 3 is 2.04 bits per heavy atom. The van der Waals surface area contributed by atoms with Crippen LogP contribution in [-0.2, 0) is 13.0 Å². The van der Waals surface area contributed by atoms with E-state index < -0.39 is 5.97 Å². The van der Waals surface area contributed by atoms with Crippen LogP contribution in [0.5, 0.6) is 5.75 Å². The van der Waals surface area contributed by atoms with E-state index in [-0.39, 0.29) is 5.56 Å². The van der Waals surface area contributed by atoms with Crippen LogP contribution in [0.4, 0.5) is 0 Å². The molecule has 0 fully saturated rings. The summed E-state index contributed by atoms with van der Waals surface area (Å²) in [5, 5.41) is 9.33. The summed E-state index contributed by atoms with van der Waals surface area (Å²) in [5.74, 6) is -0.376. The molecule has 0 bridgehead atoms. The first-order valence-electron chi connectivity index (χ1n) is 7.78. The second kappa shape index (κ2) is 7.47. The molecular formula is C21H18O3. The van der Waals surface area contributed by atoms with Crippen LogP contribution in [-0.4, -0.2) is 11.1 Å². The minimum Gasteiger partial charge on any atom is -0.489 e. The highest BCUT2D eigenvalue weighted by atomic mass is 16.5. The highest BCUT2D eigenvalue weighted by Gasteiger charge is 2.09. The minimum absolute atomic E-state index is 0.242. The summed E-state index contributed by atoms with van der Waals surface area (Å²) < 4.78 is 5.80. The molecule has 0 unspecified atom stereocenters. The lowest BCUT2D eigenvalue weighted by atomic mass is 10.0. The molecule has 3 heteroatoms. The lowest BCUT2D eigenvalue weighted by molar-refractivity contribution is 0.0696. The fourth-order valence-corrected chi connectivity index (χ4v) is 2.54. The maximum atomic E-state index is 11.4. The molecule has 0 saturated carbocycles. The highest BCUT2D eigenvalue weighted by Crippen LogP contribution is 2.21. The smallest absolute Gasteiger partial charge is 0.335 e. The molecule has 24 heavy (non-hydrogen) atoms. The first-order chi connectivity index (χ1) is 11.7. The Balaban J connectivity index is 1.81. The zero-order valence-corrected chi connectivity index (χ0v) is 13.2. The van der Waals surface area contributed by atoms with E-state index in [9.17, 15) is 9.90 Å². The quantitative estimate of drug-likeness (QED) is 0.725. The molecule has 0 aliphatic heterocycles. The molecule has 0 aromatic heterocycles. The number of ether oxygens (including phenoxy) is 1. The van der Waals surface area contributed by atoms with Crippen molar-refractivity contribution in [3.63, 3.8) is 0 Å². The van der Waals surface area contributed by atoms with E-state index in [1.165, 1.54) is 0 Å². The molecule has 0 amide bonds. The van der Waals surface area contributed by atoms with Crippen molar-refractivity contribution in [3.8, 4) is 5.75 Å². The summed E-state index contributed by atoms with van der Waals surface area (Å²) in [6.45, 7) is 0.411. The van der Waals surface area contributed by atoms with E-state index >= 15 is 0 Å². The second-order valence-electron chi connectivity index (χ2n) is 5.61. The van der Waals surface area contributed by atoms with Gasteiger partial charge in [0.15, 0.2) is 0 Å². The largest absolute Gasteiger partial charge is 0.489 e. The lowest BCUT2D eigenvalue weighted by Gasteiger charge is -2.10. The lowest BCUT2D eigenvalue weighted by Crippen LogP contribution is -2.02. The summed E-state index contributed by atoms with van der Waals surface area (Å²) in [5.41, 5.74) is 3.34. The number of carboxylic acids is 1. The van der Waals surface area contributed by atoms with Gasteiger partial charge in [0.2, 0.25) is 0 Å². The predicted octanol–water partition coefficient (Wildman–Crippen LogP) is 4.55. The Morgan fingerprint density at radius 1 is 0.792 bits per heavy atom. The second-order valence-corrected chi connectivity index (χ2v) is 5.61. The molecule has 0 heterocycles. The molecule has 3 aromatic rings. The van der Waals surface area contributed by atoms with Crippen LogP contribution in [0.1, 0.15) is 27.0 Å². The normalized spacial score (nSPS) is 10.3. The van der Waals surface area contributed by atoms with Gasteiger partial charge in [-0.2, -0.15) is 0 Å². The van der Waals surface area contributed by atoms with Crippen molar-refractivity contribution in [1.82, 2.24) is 0 Å². The van der Waals surface area contributed by atoms with E-state index in [0.29, 0.717) is 18.8 Å². The maximum absolute atomic E-state index is 11.4. The van der Waals surface area contributed by atoms with Crippen LogP contribution < -0.4 is 4.74 Å². The molecule has 3 rings (SSSR count). The molecule has 1 N–H and O–H groups in total. The predicted molar refractivity (Wildman–Crippen MR) is 93.4 cm³/mol. The Labute approximate surface area is 141 Å². The number of hydrogen-bond acceptors (Lipinski definition) is 2. The molecule has 0 saturated heterocycles. The van der Waals surface area contributed by atoms with Gasteiger partial charge in [0, 0.05) is 0 Å². The van der Waals surface area contributed by atoms with Crippen LogP contribution in [0.3, 0.4) is 0 Å². The van der Waals surface area contributed by atoms with Gasteiger partial charge in [0.05, 0.1) is 5.56 Å².